The number of anilines is 1. The molecule has 0 bridgehead atoms. The molecule has 138 valence electrons. The van der Waals surface area contributed by atoms with Gasteiger partial charge in [-0.25, -0.2) is 0 Å². The first-order valence-corrected chi connectivity index (χ1v) is 8.78. The summed E-state index contributed by atoms with van der Waals surface area (Å²) < 4.78 is 5.96. The molecule has 5 heteroatoms. The Balaban J connectivity index is 1.66. The van der Waals surface area contributed by atoms with E-state index in [1.807, 2.05) is 24.3 Å². The monoisotopic (exact) mass is 362 g/mol. The van der Waals surface area contributed by atoms with Gasteiger partial charge in [-0.3, -0.25) is 10.1 Å². The van der Waals surface area contributed by atoms with Gasteiger partial charge in [0.25, 0.3) is 5.69 Å². The Hall–Kier alpha value is -3.34. The summed E-state index contributed by atoms with van der Waals surface area (Å²) in [6.45, 7) is 5.17. The summed E-state index contributed by atoms with van der Waals surface area (Å²) >= 11 is 0. The Morgan fingerprint density at radius 3 is 2.48 bits per heavy atom. The molecular weight excluding hydrogens is 340 g/mol. The first-order chi connectivity index (χ1) is 13.0. The molecule has 3 aromatic carbocycles. The molecule has 3 aromatic rings. The standard InChI is InChI=1S/C22H22N2O3/c1-16-7-8-17(2)21(13-16)23-14-19-5-3-4-6-22(19)27-15-18-9-11-20(12-10-18)24(25)26/h3-13,23H,14-15H2,1-2H3. The number of rotatable bonds is 7. The second-order valence-electron chi connectivity index (χ2n) is 6.49. The van der Waals surface area contributed by atoms with Gasteiger partial charge in [-0.2, -0.15) is 0 Å². The molecule has 0 heterocycles. The summed E-state index contributed by atoms with van der Waals surface area (Å²) in [6, 6.07) is 20.6. The Morgan fingerprint density at radius 1 is 1.00 bits per heavy atom. The third-order valence-corrected chi connectivity index (χ3v) is 4.38. The molecule has 0 spiro atoms. The largest absolute Gasteiger partial charge is 0.489 e. The topological polar surface area (TPSA) is 64.4 Å². The molecule has 0 aromatic heterocycles. The van der Waals surface area contributed by atoms with Crippen LogP contribution in [0.3, 0.4) is 0 Å². The lowest BCUT2D eigenvalue weighted by Crippen LogP contribution is -2.04. The fourth-order valence-electron chi connectivity index (χ4n) is 2.78. The third-order valence-electron chi connectivity index (χ3n) is 4.38. The molecule has 0 unspecified atom stereocenters. The lowest BCUT2D eigenvalue weighted by atomic mass is 10.1. The van der Waals surface area contributed by atoms with Crippen molar-refractivity contribution < 1.29 is 9.66 Å². The van der Waals surface area contributed by atoms with Crippen LogP contribution >= 0.6 is 0 Å². The fraction of sp³-hybridized carbons (Fsp3) is 0.182. The summed E-state index contributed by atoms with van der Waals surface area (Å²) in [6.07, 6.45) is 0. The minimum absolute atomic E-state index is 0.0804. The summed E-state index contributed by atoms with van der Waals surface area (Å²) in [7, 11) is 0. The number of aryl methyl sites for hydroxylation is 2. The van der Waals surface area contributed by atoms with E-state index in [4.69, 9.17) is 4.74 Å². The highest BCUT2D eigenvalue weighted by Gasteiger charge is 2.07. The van der Waals surface area contributed by atoms with Crippen molar-refractivity contribution in [2.75, 3.05) is 5.32 Å². The zero-order chi connectivity index (χ0) is 19.2. The maximum absolute atomic E-state index is 10.7. The van der Waals surface area contributed by atoms with Crippen molar-refractivity contribution >= 4 is 11.4 Å². The van der Waals surface area contributed by atoms with Gasteiger partial charge < -0.3 is 10.1 Å². The van der Waals surface area contributed by atoms with Gasteiger partial charge in [0.1, 0.15) is 12.4 Å². The number of hydrogen-bond donors (Lipinski definition) is 1. The highest BCUT2D eigenvalue weighted by molar-refractivity contribution is 5.53. The molecule has 0 saturated carbocycles. The number of nitro benzene ring substituents is 1. The lowest BCUT2D eigenvalue weighted by Gasteiger charge is -2.14. The molecule has 27 heavy (non-hydrogen) atoms. The van der Waals surface area contributed by atoms with E-state index in [-0.39, 0.29) is 5.69 Å². The van der Waals surface area contributed by atoms with E-state index >= 15 is 0 Å². The van der Waals surface area contributed by atoms with Crippen molar-refractivity contribution in [3.63, 3.8) is 0 Å². The number of para-hydroxylation sites is 1. The second kappa shape index (κ2) is 8.36. The molecule has 0 aliphatic rings. The van der Waals surface area contributed by atoms with Crippen LogP contribution in [0.25, 0.3) is 0 Å². The van der Waals surface area contributed by atoms with Gasteiger partial charge >= 0.3 is 0 Å². The predicted octanol–water partition coefficient (Wildman–Crippen LogP) is 5.40. The SMILES string of the molecule is Cc1ccc(C)c(NCc2ccccc2OCc2ccc([N+](=O)[O-])cc2)c1. The number of nitro groups is 1. The van der Waals surface area contributed by atoms with E-state index in [1.165, 1.54) is 23.3 Å². The zero-order valence-electron chi connectivity index (χ0n) is 15.4. The number of benzene rings is 3. The van der Waals surface area contributed by atoms with Crippen molar-refractivity contribution in [1.29, 1.82) is 0 Å². The third kappa shape index (κ3) is 4.85. The van der Waals surface area contributed by atoms with Crippen molar-refractivity contribution in [3.05, 3.63) is 99.1 Å². The molecule has 0 aliphatic carbocycles. The van der Waals surface area contributed by atoms with Crippen LogP contribution in [0.4, 0.5) is 11.4 Å². The summed E-state index contributed by atoms with van der Waals surface area (Å²) in [5.74, 6) is 0.800. The average Bonchev–Trinajstić information content (AvgIpc) is 2.68. The normalized spacial score (nSPS) is 10.4. The van der Waals surface area contributed by atoms with Crippen molar-refractivity contribution in [2.24, 2.45) is 0 Å². The van der Waals surface area contributed by atoms with E-state index in [2.05, 4.69) is 37.4 Å². The Labute approximate surface area is 158 Å². The van der Waals surface area contributed by atoms with Gasteiger partial charge in [0, 0.05) is 29.9 Å². The number of non-ortho nitro benzene ring substituents is 1. The van der Waals surface area contributed by atoms with Crippen LogP contribution in [-0.4, -0.2) is 4.92 Å². The maximum Gasteiger partial charge on any atom is 0.269 e. The highest BCUT2D eigenvalue weighted by Crippen LogP contribution is 2.23. The van der Waals surface area contributed by atoms with Gasteiger partial charge in [-0.05, 0) is 54.8 Å². The number of nitrogens with one attached hydrogen (secondary N) is 1. The van der Waals surface area contributed by atoms with E-state index in [0.717, 1.165) is 22.6 Å². The molecule has 0 saturated heterocycles. The van der Waals surface area contributed by atoms with Gasteiger partial charge in [-0.15, -0.1) is 0 Å². The van der Waals surface area contributed by atoms with E-state index in [0.29, 0.717) is 13.2 Å². The fourth-order valence-corrected chi connectivity index (χ4v) is 2.78. The van der Waals surface area contributed by atoms with E-state index in [1.54, 1.807) is 12.1 Å². The van der Waals surface area contributed by atoms with Crippen LogP contribution in [0.2, 0.25) is 0 Å². The summed E-state index contributed by atoms with van der Waals surface area (Å²) in [5.41, 5.74) is 5.55. The molecular formula is C22H22N2O3. The van der Waals surface area contributed by atoms with Crippen LogP contribution < -0.4 is 10.1 Å². The van der Waals surface area contributed by atoms with Gasteiger partial charge in [0.2, 0.25) is 0 Å². The Morgan fingerprint density at radius 2 is 1.74 bits per heavy atom. The molecule has 0 fully saturated rings. The predicted molar refractivity (Wildman–Crippen MR) is 107 cm³/mol. The minimum atomic E-state index is -0.404. The smallest absolute Gasteiger partial charge is 0.269 e. The summed E-state index contributed by atoms with van der Waals surface area (Å²) in [4.78, 5) is 10.3. The molecule has 0 atom stereocenters. The quantitative estimate of drug-likeness (QED) is 0.451. The molecule has 5 nitrogen and oxygen atoms in total. The van der Waals surface area contributed by atoms with E-state index < -0.39 is 4.92 Å². The summed E-state index contributed by atoms with van der Waals surface area (Å²) in [5, 5.41) is 14.2. The first-order valence-electron chi connectivity index (χ1n) is 8.78. The van der Waals surface area contributed by atoms with Gasteiger partial charge in [-0.1, -0.05) is 30.3 Å². The van der Waals surface area contributed by atoms with E-state index in [9.17, 15) is 10.1 Å². The van der Waals surface area contributed by atoms with Crippen LogP contribution in [0, 0.1) is 24.0 Å². The number of hydrogen-bond acceptors (Lipinski definition) is 4. The number of ether oxygens (including phenoxy) is 1. The molecule has 3 rings (SSSR count). The average molecular weight is 362 g/mol. The van der Waals surface area contributed by atoms with Crippen LogP contribution in [0.1, 0.15) is 22.3 Å². The Bertz CT molecular complexity index is 937. The lowest BCUT2D eigenvalue weighted by molar-refractivity contribution is -0.384. The van der Waals surface area contributed by atoms with Gasteiger partial charge in [0.05, 0.1) is 4.92 Å². The van der Waals surface area contributed by atoms with Crippen LogP contribution in [0.15, 0.2) is 66.7 Å². The molecule has 0 amide bonds. The van der Waals surface area contributed by atoms with Crippen LogP contribution in [0.5, 0.6) is 5.75 Å². The number of nitrogens with zero attached hydrogens (tertiary/aromatic N) is 1. The van der Waals surface area contributed by atoms with Crippen molar-refractivity contribution in [1.82, 2.24) is 0 Å². The van der Waals surface area contributed by atoms with Crippen molar-refractivity contribution in [2.45, 2.75) is 27.0 Å². The van der Waals surface area contributed by atoms with Crippen molar-refractivity contribution in [3.8, 4) is 5.75 Å². The second-order valence-corrected chi connectivity index (χ2v) is 6.49. The first kappa shape index (κ1) is 18.5. The maximum atomic E-state index is 10.7. The molecule has 0 aliphatic heterocycles. The molecule has 1 N–H and O–H groups in total. The Kier molecular flexibility index (Phi) is 5.71. The zero-order valence-corrected chi connectivity index (χ0v) is 15.4. The molecule has 0 radical (unpaired) electrons. The minimum Gasteiger partial charge on any atom is -0.489 e. The van der Waals surface area contributed by atoms with Crippen LogP contribution in [-0.2, 0) is 13.2 Å². The highest BCUT2D eigenvalue weighted by atomic mass is 16.6. The van der Waals surface area contributed by atoms with Gasteiger partial charge in [0.15, 0.2) is 0 Å².